The molecular weight excluding hydrogens is 198 g/mol. The molecule has 80 valence electrons. The number of rotatable bonds is 7. The Kier molecular flexibility index (Phi) is 5.47. The smallest absolute Gasteiger partial charge is 0.0945 e. The minimum absolute atomic E-state index is 0.632. The van der Waals surface area contributed by atoms with E-state index in [0.29, 0.717) is 6.54 Å². The molecule has 1 aromatic heterocycles. The summed E-state index contributed by atoms with van der Waals surface area (Å²) in [5.74, 6) is 1.50. The largest absolute Gasteiger partial charge is 0.337 e. The molecule has 1 rings (SSSR count). The van der Waals surface area contributed by atoms with Gasteiger partial charge in [0.1, 0.15) is 0 Å². The fraction of sp³-hybridized carbons (Fsp3) is 0.667. The topological polar surface area (TPSA) is 60.9 Å². The highest BCUT2D eigenvalue weighted by Crippen LogP contribution is 1.94. The van der Waals surface area contributed by atoms with Gasteiger partial charge in [0, 0.05) is 41.2 Å². The first-order valence-electron chi connectivity index (χ1n) is 4.83. The van der Waals surface area contributed by atoms with Gasteiger partial charge >= 0.3 is 0 Å². The standard InChI is InChI=1S/C9H17N3OS/c10-3-1-7-14(13)8-2-5-12-6-4-11-9-12/h4,6,9H,1-3,5,7-8,10H2. The first kappa shape index (κ1) is 11.4. The summed E-state index contributed by atoms with van der Waals surface area (Å²) < 4.78 is 13.4. The van der Waals surface area contributed by atoms with Crippen LogP contribution in [0.25, 0.3) is 0 Å². The lowest BCUT2D eigenvalue weighted by atomic mass is 10.5. The summed E-state index contributed by atoms with van der Waals surface area (Å²) in [6.07, 6.45) is 7.25. The lowest BCUT2D eigenvalue weighted by Crippen LogP contribution is -2.09. The number of nitrogens with zero attached hydrogens (tertiary/aromatic N) is 2. The van der Waals surface area contributed by atoms with Crippen LogP contribution < -0.4 is 5.73 Å². The molecule has 1 aromatic rings. The highest BCUT2D eigenvalue weighted by atomic mass is 32.2. The van der Waals surface area contributed by atoms with Crippen LogP contribution in [0.2, 0.25) is 0 Å². The van der Waals surface area contributed by atoms with Gasteiger partial charge in [-0.2, -0.15) is 0 Å². The molecule has 2 N–H and O–H groups in total. The number of aromatic nitrogens is 2. The summed E-state index contributed by atoms with van der Waals surface area (Å²) in [4.78, 5) is 3.94. The summed E-state index contributed by atoms with van der Waals surface area (Å²) in [7, 11) is -0.695. The van der Waals surface area contributed by atoms with Gasteiger partial charge in [-0.25, -0.2) is 4.98 Å². The lowest BCUT2D eigenvalue weighted by molar-refractivity contribution is 0.656. The Bertz CT molecular complexity index is 261. The van der Waals surface area contributed by atoms with Crippen LogP contribution >= 0.6 is 0 Å². The quantitative estimate of drug-likeness (QED) is 0.715. The average molecular weight is 215 g/mol. The molecule has 0 aliphatic carbocycles. The molecule has 1 atom stereocenters. The molecule has 0 spiro atoms. The molecule has 0 aliphatic heterocycles. The van der Waals surface area contributed by atoms with Crippen LogP contribution in [0.4, 0.5) is 0 Å². The van der Waals surface area contributed by atoms with Crippen molar-refractivity contribution in [1.29, 1.82) is 0 Å². The highest BCUT2D eigenvalue weighted by Gasteiger charge is 1.98. The zero-order valence-corrected chi connectivity index (χ0v) is 9.08. The van der Waals surface area contributed by atoms with Gasteiger partial charge in [-0.15, -0.1) is 0 Å². The molecule has 0 fully saturated rings. The molecule has 0 bridgehead atoms. The second-order valence-electron chi connectivity index (χ2n) is 3.14. The Labute approximate surface area is 87.0 Å². The van der Waals surface area contributed by atoms with Crippen molar-refractivity contribution in [2.45, 2.75) is 19.4 Å². The Balaban J connectivity index is 2.06. The molecule has 14 heavy (non-hydrogen) atoms. The van der Waals surface area contributed by atoms with Crippen LogP contribution in [0.15, 0.2) is 18.7 Å². The summed E-state index contributed by atoms with van der Waals surface area (Å²) >= 11 is 0. The fourth-order valence-electron chi connectivity index (χ4n) is 1.17. The van der Waals surface area contributed by atoms with Crippen molar-refractivity contribution in [3.8, 4) is 0 Å². The Morgan fingerprint density at radius 3 is 2.79 bits per heavy atom. The van der Waals surface area contributed by atoms with Crippen molar-refractivity contribution in [2.24, 2.45) is 5.73 Å². The van der Waals surface area contributed by atoms with Crippen LogP contribution in [0.1, 0.15) is 12.8 Å². The molecule has 1 heterocycles. The number of hydrogen-bond acceptors (Lipinski definition) is 3. The van der Waals surface area contributed by atoms with Gasteiger partial charge in [-0.1, -0.05) is 0 Å². The Hall–Kier alpha value is -0.680. The third kappa shape index (κ3) is 4.53. The molecule has 0 radical (unpaired) electrons. The molecule has 0 saturated carbocycles. The van der Waals surface area contributed by atoms with E-state index in [1.807, 2.05) is 10.8 Å². The monoisotopic (exact) mass is 215 g/mol. The van der Waals surface area contributed by atoms with E-state index in [-0.39, 0.29) is 0 Å². The van der Waals surface area contributed by atoms with Gasteiger partial charge in [0.2, 0.25) is 0 Å². The molecule has 0 amide bonds. The minimum atomic E-state index is -0.695. The van der Waals surface area contributed by atoms with Crippen molar-refractivity contribution in [3.63, 3.8) is 0 Å². The zero-order valence-electron chi connectivity index (χ0n) is 8.26. The summed E-state index contributed by atoms with van der Waals surface area (Å²) in [6.45, 7) is 1.53. The first-order valence-corrected chi connectivity index (χ1v) is 6.32. The Morgan fingerprint density at radius 1 is 1.36 bits per heavy atom. The van der Waals surface area contributed by atoms with Gasteiger partial charge < -0.3 is 10.3 Å². The third-order valence-corrected chi connectivity index (χ3v) is 3.41. The Morgan fingerprint density at radius 2 is 2.14 bits per heavy atom. The normalized spacial score (nSPS) is 12.9. The van der Waals surface area contributed by atoms with E-state index in [0.717, 1.165) is 30.9 Å². The summed E-state index contributed by atoms with van der Waals surface area (Å²) in [5.41, 5.74) is 5.34. The number of nitrogens with two attached hydrogens (primary N) is 1. The highest BCUT2D eigenvalue weighted by molar-refractivity contribution is 7.84. The first-order chi connectivity index (χ1) is 6.83. The summed E-state index contributed by atoms with van der Waals surface area (Å²) in [5, 5.41) is 0. The van der Waals surface area contributed by atoms with Crippen LogP contribution in [0.3, 0.4) is 0 Å². The van der Waals surface area contributed by atoms with Crippen LogP contribution in [0.5, 0.6) is 0 Å². The minimum Gasteiger partial charge on any atom is -0.337 e. The maximum Gasteiger partial charge on any atom is 0.0945 e. The van der Waals surface area contributed by atoms with Gasteiger partial charge in [-0.05, 0) is 19.4 Å². The number of imidazole rings is 1. The summed E-state index contributed by atoms with van der Waals surface area (Å²) in [6, 6.07) is 0. The molecule has 0 aliphatic rings. The van der Waals surface area contributed by atoms with Gasteiger partial charge in [-0.3, -0.25) is 4.21 Å². The molecule has 1 unspecified atom stereocenters. The molecule has 0 saturated heterocycles. The molecule has 4 nitrogen and oxygen atoms in total. The van der Waals surface area contributed by atoms with Gasteiger partial charge in [0.05, 0.1) is 6.33 Å². The number of aryl methyl sites for hydroxylation is 1. The second-order valence-corrected chi connectivity index (χ2v) is 4.84. The van der Waals surface area contributed by atoms with Crippen LogP contribution in [0, 0.1) is 0 Å². The fourth-order valence-corrected chi connectivity index (χ4v) is 2.32. The third-order valence-electron chi connectivity index (χ3n) is 1.92. The van der Waals surface area contributed by atoms with E-state index < -0.39 is 10.8 Å². The van der Waals surface area contributed by atoms with Gasteiger partial charge in [0.25, 0.3) is 0 Å². The van der Waals surface area contributed by atoms with E-state index in [2.05, 4.69) is 4.98 Å². The van der Waals surface area contributed by atoms with E-state index >= 15 is 0 Å². The van der Waals surface area contributed by atoms with Crippen molar-refractivity contribution in [3.05, 3.63) is 18.7 Å². The van der Waals surface area contributed by atoms with Crippen LogP contribution in [-0.2, 0) is 17.3 Å². The maximum absolute atomic E-state index is 11.4. The lowest BCUT2D eigenvalue weighted by Gasteiger charge is -2.02. The maximum atomic E-state index is 11.4. The van der Waals surface area contributed by atoms with E-state index in [9.17, 15) is 4.21 Å². The van der Waals surface area contributed by atoms with Crippen molar-refractivity contribution >= 4 is 10.8 Å². The van der Waals surface area contributed by atoms with Crippen molar-refractivity contribution in [2.75, 3.05) is 18.1 Å². The molecule has 0 aromatic carbocycles. The van der Waals surface area contributed by atoms with E-state index in [1.165, 1.54) is 0 Å². The van der Waals surface area contributed by atoms with Crippen LogP contribution in [-0.4, -0.2) is 31.8 Å². The second kappa shape index (κ2) is 6.73. The predicted octanol–water partition coefficient (Wildman–Crippen LogP) is 0.371. The predicted molar refractivity (Wildman–Crippen MR) is 58.4 cm³/mol. The number of hydrogen-bond donors (Lipinski definition) is 1. The molecular formula is C9H17N3OS. The van der Waals surface area contributed by atoms with E-state index in [4.69, 9.17) is 5.73 Å². The van der Waals surface area contributed by atoms with E-state index in [1.54, 1.807) is 12.5 Å². The average Bonchev–Trinajstić information content (AvgIpc) is 2.67. The van der Waals surface area contributed by atoms with Gasteiger partial charge in [0.15, 0.2) is 0 Å². The zero-order chi connectivity index (χ0) is 10.2. The molecule has 5 heteroatoms. The van der Waals surface area contributed by atoms with Crippen molar-refractivity contribution < 1.29 is 4.21 Å². The van der Waals surface area contributed by atoms with Crippen molar-refractivity contribution in [1.82, 2.24) is 9.55 Å². The SMILES string of the molecule is NCCCS(=O)CCCn1ccnc1.